The van der Waals surface area contributed by atoms with E-state index in [9.17, 15) is 23.7 Å². The largest absolute Gasteiger partial charge is 0.323 e. The van der Waals surface area contributed by atoms with Gasteiger partial charge in [0.25, 0.3) is 0 Å². The van der Waals surface area contributed by atoms with Crippen molar-refractivity contribution in [3.63, 3.8) is 0 Å². The monoisotopic (exact) mass is 299 g/mol. The maximum Gasteiger partial charge on any atom is 0.307 e. The number of nitrogens with zero attached hydrogens (tertiary/aromatic N) is 1. The molecule has 0 radical (unpaired) electrons. The standard InChI is InChI=1S/C13H15F2N3O3/c1-13(3-2-4-16-7-13)12(19)17-10-6-11(18(20)21)9(15)5-8(10)14/h5-6,16H,2-4,7H2,1H3,(H,17,19). The van der Waals surface area contributed by atoms with Crippen LogP contribution >= 0.6 is 0 Å². The summed E-state index contributed by atoms with van der Waals surface area (Å²) in [6.45, 7) is 2.97. The van der Waals surface area contributed by atoms with Crippen LogP contribution in [0.25, 0.3) is 0 Å². The van der Waals surface area contributed by atoms with E-state index in [-0.39, 0.29) is 5.69 Å². The third kappa shape index (κ3) is 3.15. The van der Waals surface area contributed by atoms with E-state index in [1.54, 1.807) is 6.92 Å². The smallest absolute Gasteiger partial charge is 0.307 e. The number of carbonyl (C=O) groups is 1. The Labute approximate surface area is 119 Å². The van der Waals surface area contributed by atoms with E-state index in [0.29, 0.717) is 25.1 Å². The Hall–Kier alpha value is -2.09. The van der Waals surface area contributed by atoms with Crippen molar-refractivity contribution in [3.8, 4) is 0 Å². The third-order valence-electron chi connectivity index (χ3n) is 3.63. The number of nitro groups is 1. The molecule has 1 amide bonds. The lowest BCUT2D eigenvalue weighted by molar-refractivity contribution is -0.387. The number of hydrogen-bond acceptors (Lipinski definition) is 4. The predicted octanol–water partition coefficient (Wildman–Crippen LogP) is 2.20. The lowest BCUT2D eigenvalue weighted by atomic mass is 9.82. The minimum Gasteiger partial charge on any atom is -0.323 e. The molecular weight excluding hydrogens is 284 g/mol. The Morgan fingerprint density at radius 1 is 1.43 bits per heavy atom. The second kappa shape index (κ2) is 5.72. The van der Waals surface area contributed by atoms with Gasteiger partial charge in [0.15, 0.2) is 0 Å². The van der Waals surface area contributed by atoms with Gasteiger partial charge >= 0.3 is 5.69 Å². The molecule has 0 aliphatic carbocycles. The van der Waals surface area contributed by atoms with Crippen molar-refractivity contribution in [2.24, 2.45) is 5.41 Å². The van der Waals surface area contributed by atoms with E-state index >= 15 is 0 Å². The van der Waals surface area contributed by atoms with Gasteiger partial charge in [0.1, 0.15) is 5.82 Å². The molecule has 1 unspecified atom stereocenters. The average Bonchev–Trinajstić information content (AvgIpc) is 2.42. The highest BCUT2D eigenvalue weighted by atomic mass is 19.1. The number of halogens is 2. The van der Waals surface area contributed by atoms with Crippen LogP contribution in [0.5, 0.6) is 0 Å². The number of hydrogen-bond donors (Lipinski definition) is 2. The first kappa shape index (κ1) is 15.3. The van der Waals surface area contributed by atoms with Crippen LogP contribution in [0.3, 0.4) is 0 Å². The predicted molar refractivity (Wildman–Crippen MR) is 71.9 cm³/mol. The average molecular weight is 299 g/mol. The van der Waals surface area contributed by atoms with E-state index in [1.807, 2.05) is 0 Å². The molecule has 1 fully saturated rings. The van der Waals surface area contributed by atoms with E-state index in [2.05, 4.69) is 10.6 Å². The Morgan fingerprint density at radius 3 is 2.71 bits per heavy atom. The molecule has 114 valence electrons. The molecule has 1 aliphatic rings. The normalized spacial score (nSPS) is 21.9. The van der Waals surface area contributed by atoms with Crippen LogP contribution in [0.1, 0.15) is 19.8 Å². The molecule has 0 saturated carbocycles. The summed E-state index contributed by atoms with van der Waals surface area (Å²) in [7, 11) is 0. The second-order valence-electron chi connectivity index (χ2n) is 5.34. The molecule has 1 saturated heterocycles. The number of amides is 1. The van der Waals surface area contributed by atoms with Crippen molar-refractivity contribution in [3.05, 3.63) is 33.9 Å². The first-order valence-corrected chi connectivity index (χ1v) is 6.49. The number of nitro benzene ring substituents is 1. The van der Waals surface area contributed by atoms with Crippen LogP contribution in [0, 0.1) is 27.2 Å². The lowest BCUT2D eigenvalue weighted by Crippen LogP contribution is -2.46. The molecule has 0 spiro atoms. The highest BCUT2D eigenvalue weighted by Crippen LogP contribution is 2.30. The van der Waals surface area contributed by atoms with Gasteiger partial charge in [-0.3, -0.25) is 14.9 Å². The number of piperidine rings is 1. The quantitative estimate of drug-likeness (QED) is 0.662. The molecule has 21 heavy (non-hydrogen) atoms. The first-order chi connectivity index (χ1) is 9.83. The summed E-state index contributed by atoms with van der Waals surface area (Å²) in [6, 6.07) is 1.09. The maximum atomic E-state index is 13.7. The number of anilines is 1. The van der Waals surface area contributed by atoms with E-state index in [0.717, 1.165) is 13.0 Å². The van der Waals surface area contributed by atoms with Crippen LogP contribution in [-0.4, -0.2) is 23.9 Å². The van der Waals surface area contributed by atoms with Crippen LogP contribution in [0.2, 0.25) is 0 Å². The van der Waals surface area contributed by atoms with Crippen molar-refractivity contribution in [2.45, 2.75) is 19.8 Å². The summed E-state index contributed by atoms with van der Waals surface area (Å²) in [6.07, 6.45) is 1.42. The van der Waals surface area contributed by atoms with Gasteiger partial charge in [0, 0.05) is 18.7 Å². The van der Waals surface area contributed by atoms with Crippen molar-refractivity contribution < 1.29 is 18.5 Å². The zero-order valence-electron chi connectivity index (χ0n) is 11.4. The summed E-state index contributed by atoms with van der Waals surface area (Å²) in [5, 5.41) is 16.0. The summed E-state index contributed by atoms with van der Waals surface area (Å²) in [5.74, 6) is -2.77. The Balaban J connectivity index is 2.24. The molecule has 0 aromatic heterocycles. The number of rotatable bonds is 3. The lowest BCUT2D eigenvalue weighted by Gasteiger charge is -2.32. The Morgan fingerprint density at radius 2 is 2.14 bits per heavy atom. The number of carbonyl (C=O) groups excluding carboxylic acids is 1. The van der Waals surface area contributed by atoms with Crippen molar-refractivity contribution in [2.75, 3.05) is 18.4 Å². The SMILES string of the molecule is CC1(C(=O)Nc2cc([N+](=O)[O-])c(F)cc2F)CCCNC1. The Bertz CT molecular complexity index is 586. The van der Waals surface area contributed by atoms with Crippen molar-refractivity contribution in [1.82, 2.24) is 5.32 Å². The van der Waals surface area contributed by atoms with Crippen LogP contribution < -0.4 is 10.6 Å². The van der Waals surface area contributed by atoms with Gasteiger partial charge in [0.05, 0.1) is 16.0 Å². The molecular formula is C13H15F2N3O3. The van der Waals surface area contributed by atoms with Gasteiger partial charge in [-0.1, -0.05) is 0 Å². The first-order valence-electron chi connectivity index (χ1n) is 6.49. The molecule has 1 aromatic carbocycles. The minimum atomic E-state index is -1.28. The van der Waals surface area contributed by atoms with Crippen LogP contribution in [0.15, 0.2) is 12.1 Å². The highest BCUT2D eigenvalue weighted by molar-refractivity contribution is 5.95. The Kier molecular flexibility index (Phi) is 4.17. The fourth-order valence-electron chi connectivity index (χ4n) is 2.30. The molecule has 0 bridgehead atoms. The van der Waals surface area contributed by atoms with Gasteiger partial charge in [-0.05, 0) is 26.3 Å². The maximum absolute atomic E-state index is 13.7. The third-order valence-corrected chi connectivity index (χ3v) is 3.63. The van der Waals surface area contributed by atoms with Gasteiger partial charge in [0.2, 0.25) is 11.7 Å². The minimum absolute atomic E-state index is 0.389. The summed E-state index contributed by atoms with van der Waals surface area (Å²) in [5.41, 5.74) is -1.99. The van der Waals surface area contributed by atoms with Crippen LogP contribution in [0.4, 0.5) is 20.2 Å². The summed E-state index contributed by atoms with van der Waals surface area (Å²) in [4.78, 5) is 21.9. The summed E-state index contributed by atoms with van der Waals surface area (Å²) >= 11 is 0. The molecule has 6 nitrogen and oxygen atoms in total. The van der Waals surface area contributed by atoms with E-state index < -0.39 is 33.6 Å². The van der Waals surface area contributed by atoms with Gasteiger partial charge in [-0.25, -0.2) is 4.39 Å². The topological polar surface area (TPSA) is 84.3 Å². The van der Waals surface area contributed by atoms with E-state index in [1.165, 1.54) is 0 Å². The van der Waals surface area contributed by atoms with Crippen LogP contribution in [-0.2, 0) is 4.79 Å². The molecule has 1 atom stereocenters. The molecule has 2 N–H and O–H groups in total. The molecule has 8 heteroatoms. The van der Waals surface area contributed by atoms with Gasteiger partial charge < -0.3 is 10.6 Å². The summed E-state index contributed by atoms with van der Waals surface area (Å²) < 4.78 is 26.9. The molecule has 1 heterocycles. The van der Waals surface area contributed by atoms with E-state index in [4.69, 9.17) is 0 Å². The molecule has 1 aliphatic heterocycles. The number of benzene rings is 1. The zero-order chi connectivity index (χ0) is 15.6. The molecule has 1 aromatic rings. The fourth-order valence-corrected chi connectivity index (χ4v) is 2.30. The number of nitrogens with one attached hydrogen (secondary N) is 2. The second-order valence-corrected chi connectivity index (χ2v) is 5.34. The van der Waals surface area contributed by atoms with Gasteiger partial charge in [-0.15, -0.1) is 0 Å². The van der Waals surface area contributed by atoms with Crippen molar-refractivity contribution >= 4 is 17.3 Å². The highest BCUT2D eigenvalue weighted by Gasteiger charge is 2.35. The van der Waals surface area contributed by atoms with Gasteiger partial charge in [-0.2, -0.15) is 4.39 Å². The zero-order valence-corrected chi connectivity index (χ0v) is 11.4. The molecule has 2 rings (SSSR count). The van der Waals surface area contributed by atoms with Crippen molar-refractivity contribution in [1.29, 1.82) is 0 Å². The fraction of sp³-hybridized carbons (Fsp3) is 0.462.